The molecule has 0 saturated heterocycles. The van der Waals surface area contributed by atoms with Crippen molar-refractivity contribution in [3.8, 4) is 0 Å². The minimum absolute atomic E-state index is 0.255. The van der Waals surface area contributed by atoms with E-state index >= 15 is 0 Å². The molecule has 106 valence electrons. The SMILES string of the molecule is Cc1cncc(Br)c1NC(=O)c1cc(CN(C)C)on1. The number of aromatic nitrogens is 2. The number of carbonyl (C=O) groups is 1. The van der Waals surface area contributed by atoms with Crippen molar-refractivity contribution in [3.63, 3.8) is 0 Å². The van der Waals surface area contributed by atoms with Crippen molar-refractivity contribution in [2.45, 2.75) is 13.5 Å². The first kappa shape index (κ1) is 14.7. The summed E-state index contributed by atoms with van der Waals surface area (Å²) in [5, 5.41) is 6.58. The molecule has 0 aliphatic rings. The molecule has 0 bridgehead atoms. The van der Waals surface area contributed by atoms with Crippen molar-refractivity contribution in [3.05, 3.63) is 40.0 Å². The lowest BCUT2D eigenvalue weighted by Gasteiger charge is -2.08. The van der Waals surface area contributed by atoms with Gasteiger partial charge in [-0.3, -0.25) is 9.78 Å². The van der Waals surface area contributed by atoms with Crippen LogP contribution in [-0.4, -0.2) is 35.0 Å². The number of rotatable bonds is 4. The number of carbonyl (C=O) groups excluding carboxylic acids is 1. The quantitative estimate of drug-likeness (QED) is 0.927. The van der Waals surface area contributed by atoms with Gasteiger partial charge in [-0.05, 0) is 42.5 Å². The van der Waals surface area contributed by atoms with Crippen LogP contribution in [0, 0.1) is 6.92 Å². The molecular formula is C13H15BrN4O2. The minimum Gasteiger partial charge on any atom is -0.359 e. The van der Waals surface area contributed by atoms with Crippen LogP contribution in [0.3, 0.4) is 0 Å². The Hall–Kier alpha value is -1.73. The molecule has 0 aliphatic heterocycles. The summed E-state index contributed by atoms with van der Waals surface area (Å²) in [6.45, 7) is 2.46. The molecule has 7 heteroatoms. The fourth-order valence-electron chi connectivity index (χ4n) is 1.67. The highest BCUT2D eigenvalue weighted by atomic mass is 79.9. The van der Waals surface area contributed by atoms with Crippen molar-refractivity contribution in [1.82, 2.24) is 15.0 Å². The number of anilines is 1. The Bertz CT molecular complexity index is 604. The highest BCUT2D eigenvalue weighted by Gasteiger charge is 2.15. The number of aryl methyl sites for hydroxylation is 1. The van der Waals surface area contributed by atoms with E-state index < -0.39 is 0 Å². The first-order valence-electron chi connectivity index (χ1n) is 5.99. The maximum Gasteiger partial charge on any atom is 0.277 e. The van der Waals surface area contributed by atoms with Crippen LogP contribution in [0.5, 0.6) is 0 Å². The summed E-state index contributed by atoms with van der Waals surface area (Å²) in [6, 6.07) is 1.64. The third-order valence-corrected chi connectivity index (χ3v) is 3.19. The Morgan fingerprint density at radius 1 is 1.45 bits per heavy atom. The zero-order valence-electron chi connectivity index (χ0n) is 11.5. The van der Waals surface area contributed by atoms with Crippen molar-refractivity contribution < 1.29 is 9.32 Å². The first-order chi connectivity index (χ1) is 9.47. The molecule has 0 atom stereocenters. The molecule has 0 aliphatic carbocycles. The van der Waals surface area contributed by atoms with Crippen LogP contribution in [-0.2, 0) is 6.54 Å². The van der Waals surface area contributed by atoms with Gasteiger partial charge in [0.15, 0.2) is 11.5 Å². The van der Waals surface area contributed by atoms with E-state index in [0.29, 0.717) is 18.0 Å². The fraction of sp³-hybridized carbons (Fsp3) is 0.308. The Kier molecular flexibility index (Phi) is 4.51. The third kappa shape index (κ3) is 3.43. The van der Waals surface area contributed by atoms with Gasteiger partial charge in [0, 0.05) is 18.5 Å². The number of nitrogens with zero attached hydrogens (tertiary/aromatic N) is 3. The summed E-state index contributed by atoms with van der Waals surface area (Å²) in [5.74, 6) is 0.333. The van der Waals surface area contributed by atoms with Crippen molar-refractivity contribution in [1.29, 1.82) is 0 Å². The molecule has 0 fully saturated rings. The predicted molar refractivity (Wildman–Crippen MR) is 78.5 cm³/mol. The van der Waals surface area contributed by atoms with Gasteiger partial charge in [0.05, 0.1) is 16.7 Å². The number of pyridine rings is 1. The Morgan fingerprint density at radius 3 is 2.85 bits per heavy atom. The summed E-state index contributed by atoms with van der Waals surface area (Å²) in [7, 11) is 3.83. The monoisotopic (exact) mass is 338 g/mol. The molecule has 1 amide bonds. The highest BCUT2D eigenvalue weighted by molar-refractivity contribution is 9.10. The second-order valence-corrected chi connectivity index (χ2v) is 5.54. The second-order valence-electron chi connectivity index (χ2n) is 4.68. The molecule has 0 unspecified atom stereocenters. The number of halogens is 1. The number of hydrogen-bond acceptors (Lipinski definition) is 5. The zero-order valence-corrected chi connectivity index (χ0v) is 13.1. The van der Waals surface area contributed by atoms with Crippen molar-refractivity contribution in [2.24, 2.45) is 0 Å². The largest absolute Gasteiger partial charge is 0.359 e. The van der Waals surface area contributed by atoms with Crippen LogP contribution >= 0.6 is 15.9 Å². The van der Waals surface area contributed by atoms with E-state index in [-0.39, 0.29) is 11.6 Å². The van der Waals surface area contributed by atoms with Crippen LogP contribution in [0.4, 0.5) is 5.69 Å². The Labute approximate surface area is 125 Å². The zero-order chi connectivity index (χ0) is 14.7. The normalized spacial score (nSPS) is 10.8. The summed E-state index contributed by atoms with van der Waals surface area (Å²) < 4.78 is 5.84. The first-order valence-corrected chi connectivity index (χ1v) is 6.78. The lowest BCUT2D eigenvalue weighted by molar-refractivity contribution is 0.101. The maximum atomic E-state index is 12.1. The number of hydrogen-bond donors (Lipinski definition) is 1. The molecular weight excluding hydrogens is 324 g/mol. The summed E-state index contributed by atoms with van der Waals surface area (Å²) >= 11 is 3.36. The van der Waals surface area contributed by atoms with Crippen LogP contribution in [0.2, 0.25) is 0 Å². The van der Waals surface area contributed by atoms with Crippen LogP contribution < -0.4 is 5.32 Å². The van der Waals surface area contributed by atoms with Gasteiger partial charge < -0.3 is 14.7 Å². The Balaban J connectivity index is 2.14. The van der Waals surface area contributed by atoms with Gasteiger partial charge in [-0.2, -0.15) is 0 Å². The summed E-state index contributed by atoms with van der Waals surface area (Å²) in [5.41, 5.74) is 1.80. The topological polar surface area (TPSA) is 71.3 Å². The molecule has 0 aromatic carbocycles. The third-order valence-electron chi connectivity index (χ3n) is 2.59. The average molecular weight is 339 g/mol. The molecule has 2 aromatic heterocycles. The van der Waals surface area contributed by atoms with Gasteiger partial charge in [-0.1, -0.05) is 5.16 Å². The fourth-order valence-corrected chi connectivity index (χ4v) is 2.20. The number of amides is 1. The van der Waals surface area contributed by atoms with Gasteiger partial charge in [0.25, 0.3) is 5.91 Å². The van der Waals surface area contributed by atoms with E-state index in [9.17, 15) is 4.79 Å². The molecule has 0 radical (unpaired) electrons. The number of nitrogens with one attached hydrogen (secondary N) is 1. The van der Waals surface area contributed by atoms with E-state index in [0.717, 1.165) is 10.0 Å². The van der Waals surface area contributed by atoms with Crippen LogP contribution in [0.15, 0.2) is 27.5 Å². The lowest BCUT2D eigenvalue weighted by Crippen LogP contribution is -2.14. The smallest absolute Gasteiger partial charge is 0.277 e. The van der Waals surface area contributed by atoms with E-state index in [1.807, 2.05) is 25.9 Å². The van der Waals surface area contributed by atoms with Crippen LogP contribution in [0.1, 0.15) is 21.8 Å². The van der Waals surface area contributed by atoms with E-state index in [1.165, 1.54) is 0 Å². The predicted octanol–water partition coefficient (Wildman–Crippen LogP) is 2.45. The molecule has 20 heavy (non-hydrogen) atoms. The molecule has 2 aromatic rings. The molecule has 0 spiro atoms. The van der Waals surface area contributed by atoms with E-state index in [4.69, 9.17) is 4.52 Å². The van der Waals surface area contributed by atoms with E-state index in [2.05, 4.69) is 31.4 Å². The van der Waals surface area contributed by atoms with Crippen molar-refractivity contribution >= 4 is 27.5 Å². The Morgan fingerprint density at radius 2 is 2.20 bits per heavy atom. The summed E-state index contributed by atoms with van der Waals surface area (Å²) in [6.07, 6.45) is 3.31. The van der Waals surface area contributed by atoms with Gasteiger partial charge in [-0.25, -0.2) is 0 Å². The van der Waals surface area contributed by atoms with E-state index in [1.54, 1.807) is 18.5 Å². The van der Waals surface area contributed by atoms with Crippen molar-refractivity contribution in [2.75, 3.05) is 19.4 Å². The molecule has 0 saturated carbocycles. The maximum absolute atomic E-state index is 12.1. The molecule has 6 nitrogen and oxygen atoms in total. The standard InChI is InChI=1S/C13H15BrN4O2/c1-8-5-15-6-10(14)12(8)16-13(19)11-4-9(20-17-11)7-18(2)3/h4-6H,7H2,1-3H3,(H,15,16,19). The highest BCUT2D eigenvalue weighted by Crippen LogP contribution is 2.25. The molecule has 1 N–H and O–H groups in total. The van der Waals surface area contributed by atoms with Crippen LogP contribution in [0.25, 0.3) is 0 Å². The van der Waals surface area contributed by atoms with Gasteiger partial charge in [-0.15, -0.1) is 0 Å². The summed E-state index contributed by atoms with van der Waals surface area (Å²) in [4.78, 5) is 18.1. The minimum atomic E-state index is -0.311. The van der Waals surface area contributed by atoms with Gasteiger partial charge in [0.2, 0.25) is 0 Å². The molecule has 2 heterocycles. The lowest BCUT2D eigenvalue weighted by atomic mass is 10.2. The van der Waals surface area contributed by atoms with Gasteiger partial charge >= 0.3 is 0 Å². The average Bonchev–Trinajstić information content (AvgIpc) is 2.81. The molecule has 2 rings (SSSR count). The second kappa shape index (κ2) is 6.15. The van der Waals surface area contributed by atoms with Gasteiger partial charge in [0.1, 0.15) is 0 Å².